The molecule has 0 aromatic carbocycles. The van der Waals surface area contributed by atoms with E-state index >= 15 is 0 Å². The van der Waals surface area contributed by atoms with Crippen LogP contribution < -0.4 is 5.56 Å². The van der Waals surface area contributed by atoms with Crippen molar-refractivity contribution in [2.24, 2.45) is 0 Å². The first-order valence-electron chi connectivity index (χ1n) is 3.26. The molecule has 2 rings (SSSR count). The molecular formula is C7H4ClN3O. The summed E-state index contributed by atoms with van der Waals surface area (Å²) in [4.78, 5) is 15.0. The Labute approximate surface area is 72.2 Å². The van der Waals surface area contributed by atoms with Gasteiger partial charge in [-0.15, -0.1) is 0 Å². The van der Waals surface area contributed by atoms with E-state index in [-0.39, 0.29) is 5.56 Å². The van der Waals surface area contributed by atoms with Crippen molar-refractivity contribution in [3.8, 4) is 0 Å². The average molecular weight is 182 g/mol. The van der Waals surface area contributed by atoms with Crippen LogP contribution in [0.5, 0.6) is 0 Å². The van der Waals surface area contributed by atoms with E-state index in [1.807, 2.05) is 0 Å². The minimum Gasteiger partial charge on any atom is -0.267 e. The van der Waals surface area contributed by atoms with Gasteiger partial charge in [-0.25, -0.2) is 5.10 Å². The highest BCUT2D eigenvalue weighted by molar-refractivity contribution is 6.31. The van der Waals surface area contributed by atoms with Gasteiger partial charge in [-0.1, -0.05) is 11.6 Å². The van der Waals surface area contributed by atoms with Crippen LogP contribution in [-0.2, 0) is 0 Å². The highest BCUT2D eigenvalue weighted by atomic mass is 35.5. The fourth-order valence-electron chi connectivity index (χ4n) is 0.947. The molecule has 5 heteroatoms. The molecule has 60 valence electrons. The zero-order valence-electron chi connectivity index (χ0n) is 5.91. The van der Waals surface area contributed by atoms with Crippen molar-refractivity contribution in [3.05, 3.63) is 33.8 Å². The van der Waals surface area contributed by atoms with Crippen LogP contribution in [0.3, 0.4) is 0 Å². The number of rotatable bonds is 0. The van der Waals surface area contributed by atoms with Crippen molar-refractivity contribution in [1.29, 1.82) is 0 Å². The molecule has 2 heterocycles. The van der Waals surface area contributed by atoms with Crippen LogP contribution in [0.25, 0.3) is 10.9 Å². The predicted molar refractivity (Wildman–Crippen MR) is 45.2 cm³/mol. The summed E-state index contributed by atoms with van der Waals surface area (Å²) in [5.74, 6) is 0. The highest BCUT2D eigenvalue weighted by Crippen LogP contribution is 2.10. The largest absolute Gasteiger partial charge is 0.273 e. The molecule has 0 aliphatic carbocycles. The molecule has 0 aliphatic heterocycles. The summed E-state index contributed by atoms with van der Waals surface area (Å²) in [6.07, 6.45) is 2.96. The Morgan fingerprint density at radius 1 is 1.42 bits per heavy atom. The van der Waals surface area contributed by atoms with Gasteiger partial charge in [0.15, 0.2) is 0 Å². The summed E-state index contributed by atoms with van der Waals surface area (Å²) in [6.45, 7) is 0. The molecule has 0 amide bonds. The van der Waals surface area contributed by atoms with Gasteiger partial charge in [0.25, 0.3) is 5.56 Å². The third-order valence-electron chi connectivity index (χ3n) is 1.48. The normalized spacial score (nSPS) is 10.4. The number of aromatic nitrogens is 3. The third kappa shape index (κ3) is 1.06. The van der Waals surface area contributed by atoms with Crippen LogP contribution in [0.2, 0.25) is 5.02 Å². The number of nitrogens with one attached hydrogen (secondary N) is 1. The van der Waals surface area contributed by atoms with Crippen LogP contribution in [0.4, 0.5) is 0 Å². The molecule has 12 heavy (non-hydrogen) atoms. The first-order valence-corrected chi connectivity index (χ1v) is 3.64. The number of fused-ring (bicyclic) bond motifs is 1. The van der Waals surface area contributed by atoms with Gasteiger partial charge in [0.2, 0.25) is 0 Å². The number of hydrogen-bond acceptors (Lipinski definition) is 3. The third-order valence-corrected chi connectivity index (χ3v) is 1.69. The zero-order chi connectivity index (χ0) is 8.55. The molecule has 0 atom stereocenters. The molecule has 2 aromatic rings. The molecule has 0 saturated carbocycles. The molecular weight excluding hydrogens is 178 g/mol. The van der Waals surface area contributed by atoms with Crippen LogP contribution >= 0.6 is 11.6 Å². The Kier molecular flexibility index (Phi) is 1.55. The smallest absolute Gasteiger partial charge is 0.267 e. The number of halogens is 1. The van der Waals surface area contributed by atoms with Gasteiger partial charge in [-0.2, -0.15) is 5.10 Å². The van der Waals surface area contributed by atoms with Crippen LogP contribution in [0.1, 0.15) is 0 Å². The number of hydrogen-bond donors (Lipinski definition) is 1. The van der Waals surface area contributed by atoms with E-state index in [9.17, 15) is 4.79 Å². The summed E-state index contributed by atoms with van der Waals surface area (Å²) < 4.78 is 0. The fraction of sp³-hybridized carbons (Fsp3) is 0. The van der Waals surface area contributed by atoms with E-state index in [4.69, 9.17) is 11.6 Å². The van der Waals surface area contributed by atoms with Crippen molar-refractivity contribution >= 4 is 22.5 Å². The molecule has 4 nitrogen and oxygen atoms in total. The van der Waals surface area contributed by atoms with Gasteiger partial charge >= 0.3 is 0 Å². The maximum Gasteiger partial charge on any atom is 0.273 e. The SMILES string of the molecule is O=c1[nH]ncc2ncc(Cl)cc12. The van der Waals surface area contributed by atoms with E-state index in [1.54, 1.807) is 6.07 Å². The van der Waals surface area contributed by atoms with Crippen LogP contribution in [-0.4, -0.2) is 15.2 Å². The van der Waals surface area contributed by atoms with E-state index in [1.165, 1.54) is 12.4 Å². The highest BCUT2D eigenvalue weighted by Gasteiger charge is 1.99. The maximum absolute atomic E-state index is 11.1. The molecule has 1 N–H and O–H groups in total. The lowest BCUT2D eigenvalue weighted by Gasteiger charge is -1.93. The monoisotopic (exact) mass is 181 g/mol. The van der Waals surface area contributed by atoms with Gasteiger partial charge in [0, 0.05) is 6.20 Å². The molecule has 0 radical (unpaired) electrons. The van der Waals surface area contributed by atoms with E-state index in [2.05, 4.69) is 15.2 Å². The second-order valence-corrected chi connectivity index (χ2v) is 2.72. The molecule has 0 spiro atoms. The second-order valence-electron chi connectivity index (χ2n) is 2.29. The van der Waals surface area contributed by atoms with E-state index in [0.29, 0.717) is 15.9 Å². The summed E-state index contributed by atoms with van der Waals surface area (Å²) >= 11 is 5.65. The first kappa shape index (κ1) is 7.24. The lowest BCUT2D eigenvalue weighted by atomic mass is 10.3. The second kappa shape index (κ2) is 2.57. The van der Waals surface area contributed by atoms with Gasteiger partial charge < -0.3 is 0 Å². The topological polar surface area (TPSA) is 58.6 Å². The van der Waals surface area contributed by atoms with Crippen molar-refractivity contribution in [2.75, 3.05) is 0 Å². The van der Waals surface area contributed by atoms with Gasteiger partial charge in [-0.3, -0.25) is 9.78 Å². The number of aromatic amines is 1. The standard InChI is InChI=1S/C7H4ClN3O/c8-4-1-5-6(9-2-4)3-10-11-7(5)12/h1-3H,(H,11,12). The predicted octanol–water partition coefficient (Wildman–Crippen LogP) is 0.971. The molecule has 0 saturated heterocycles. The molecule has 0 unspecified atom stereocenters. The van der Waals surface area contributed by atoms with Gasteiger partial charge in [-0.05, 0) is 6.07 Å². The van der Waals surface area contributed by atoms with Crippen molar-refractivity contribution in [2.45, 2.75) is 0 Å². The average Bonchev–Trinajstić information content (AvgIpc) is 2.07. The van der Waals surface area contributed by atoms with Crippen molar-refractivity contribution in [1.82, 2.24) is 15.2 Å². The quantitative estimate of drug-likeness (QED) is 0.659. The maximum atomic E-state index is 11.1. The Bertz CT molecular complexity index is 479. The van der Waals surface area contributed by atoms with Crippen molar-refractivity contribution in [3.63, 3.8) is 0 Å². The summed E-state index contributed by atoms with van der Waals surface area (Å²) in [7, 11) is 0. The molecule has 0 bridgehead atoms. The summed E-state index contributed by atoms with van der Waals surface area (Å²) in [5.41, 5.74) is 0.269. The number of H-pyrrole nitrogens is 1. The van der Waals surface area contributed by atoms with E-state index < -0.39 is 0 Å². The Morgan fingerprint density at radius 2 is 2.25 bits per heavy atom. The van der Waals surface area contributed by atoms with Gasteiger partial charge in [0.1, 0.15) is 0 Å². The minimum atomic E-state index is -0.275. The lowest BCUT2D eigenvalue weighted by molar-refractivity contribution is 1.00. The number of pyridine rings is 1. The zero-order valence-corrected chi connectivity index (χ0v) is 6.67. The first-order chi connectivity index (χ1) is 5.77. The summed E-state index contributed by atoms with van der Waals surface area (Å²) in [5, 5.41) is 6.80. The van der Waals surface area contributed by atoms with Gasteiger partial charge in [0.05, 0.1) is 22.1 Å². The Balaban J connectivity index is 2.98. The van der Waals surface area contributed by atoms with E-state index in [0.717, 1.165) is 0 Å². The Hall–Kier alpha value is -1.42. The minimum absolute atomic E-state index is 0.275. The molecule has 0 fully saturated rings. The Morgan fingerprint density at radius 3 is 3.08 bits per heavy atom. The summed E-state index contributed by atoms with van der Waals surface area (Å²) in [6, 6.07) is 1.56. The molecule has 0 aliphatic rings. The number of nitrogens with zero attached hydrogens (tertiary/aromatic N) is 2. The fourth-order valence-corrected chi connectivity index (χ4v) is 1.10. The van der Waals surface area contributed by atoms with Crippen LogP contribution in [0.15, 0.2) is 23.3 Å². The van der Waals surface area contributed by atoms with Crippen molar-refractivity contribution < 1.29 is 0 Å². The van der Waals surface area contributed by atoms with Crippen LogP contribution in [0, 0.1) is 0 Å². The lowest BCUT2D eigenvalue weighted by Crippen LogP contribution is -2.07. The molecule has 2 aromatic heterocycles.